The van der Waals surface area contributed by atoms with Gasteiger partial charge in [-0.15, -0.1) is 0 Å². The average molecular weight is 414 g/mol. The van der Waals surface area contributed by atoms with E-state index in [2.05, 4.69) is 12.2 Å². The van der Waals surface area contributed by atoms with Crippen molar-refractivity contribution in [3.63, 3.8) is 0 Å². The molecule has 1 saturated carbocycles. The van der Waals surface area contributed by atoms with Gasteiger partial charge < -0.3 is 19.5 Å². The highest BCUT2D eigenvalue weighted by molar-refractivity contribution is 4.75. The molecule has 0 aromatic carbocycles. The van der Waals surface area contributed by atoms with Gasteiger partial charge in [-0.2, -0.15) is 0 Å². The van der Waals surface area contributed by atoms with Crippen LogP contribution in [0.25, 0.3) is 0 Å². The van der Waals surface area contributed by atoms with E-state index >= 15 is 0 Å². The lowest BCUT2D eigenvalue weighted by molar-refractivity contribution is -0.403. The molecule has 1 N–H and O–H groups in total. The monoisotopic (exact) mass is 413 g/mol. The lowest BCUT2D eigenvalue weighted by Crippen LogP contribution is -2.47. The Morgan fingerprint density at radius 1 is 0.724 bits per heavy atom. The third-order valence-corrected chi connectivity index (χ3v) is 6.21. The van der Waals surface area contributed by atoms with Crippen LogP contribution in [0, 0.1) is 5.92 Å². The number of hydrogen-bond donors (Lipinski definition) is 1. The van der Waals surface area contributed by atoms with E-state index in [1.54, 1.807) is 0 Å². The van der Waals surface area contributed by atoms with E-state index in [1.807, 2.05) is 20.8 Å². The Labute approximate surface area is 181 Å². The van der Waals surface area contributed by atoms with Crippen LogP contribution >= 0.6 is 0 Å². The molecule has 0 saturated heterocycles. The van der Waals surface area contributed by atoms with Crippen LogP contribution in [0.5, 0.6) is 0 Å². The van der Waals surface area contributed by atoms with Crippen molar-refractivity contribution in [2.45, 2.75) is 130 Å². The molecule has 1 unspecified atom stereocenters. The number of nitrogens with one attached hydrogen (secondary N) is 1. The van der Waals surface area contributed by atoms with Crippen LogP contribution in [0.2, 0.25) is 0 Å². The predicted molar refractivity (Wildman–Crippen MR) is 123 cm³/mol. The summed E-state index contributed by atoms with van der Waals surface area (Å²) < 4.78 is 18.5. The Bertz CT molecular complexity index is 341. The molecule has 0 radical (unpaired) electrons. The van der Waals surface area contributed by atoms with Gasteiger partial charge in [-0.25, -0.2) is 0 Å². The second-order valence-corrected chi connectivity index (χ2v) is 8.59. The fourth-order valence-corrected chi connectivity index (χ4v) is 4.71. The molecule has 0 aromatic heterocycles. The maximum atomic E-state index is 6.15. The van der Waals surface area contributed by atoms with E-state index < -0.39 is 5.97 Å². The fourth-order valence-electron chi connectivity index (χ4n) is 4.71. The lowest BCUT2D eigenvalue weighted by Gasteiger charge is -2.39. The van der Waals surface area contributed by atoms with E-state index in [4.69, 9.17) is 14.2 Å². The molecule has 0 bridgehead atoms. The maximum absolute atomic E-state index is 6.15. The zero-order valence-electron chi connectivity index (χ0n) is 20.1. The van der Waals surface area contributed by atoms with Gasteiger partial charge in [0.05, 0.1) is 0 Å². The molecule has 0 aliphatic heterocycles. The first kappa shape index (κ1) is 26.9. The molecule has 1 fully saturated rings. The maximum Gasteiger partial charge on any atom is 0.285 e. The Morgan fingerprint density at radius 2 is 1.28 bits per heavy atom. The van der Waals surface area contributed by atoms with Crippen molar-refractivity contribution >= 4 is 0 Å². The summed E-state index contributed by atoms with van der Waals surface area (Å²) in [6.45, 7) is 11.3. The highest BCUT2D eigenvalue weighted by Gasteiger charge is 2.41. The summed E-state index contributed by atoms with van der Waals surface area (Å²) >= 11 is 0. The van der Waals surface area contributed by atoms with Gasteiger partial charge in [0, 0.05) is 31.8 Å². The van der Waals surface area contributed by atoms with Gasteiger partial charge in [-0.05, 0) is 59.4 Å². The second-order valence-electron chi connectivity index (χ2n) is 8.59. The number of rotatable bonds is 19. The zero-order chi connectivity index (χ0) is 21.2. The van der Waals surface area contributed by atoms with Gasteiger partial charge >= 0.3 is 0 Å². The summed E-state index contributed by atoms with van der Waals surface area (Å²) in [5.74, 6) is -0.575. The Hall–Kier alpha value is -0.160. The van der Waals surface area contributed by atoms with Crippen LogP contribution in [0.3, 0.4) is 0 Å². The highest BCUT2D eigenvalue weighted by atomic mass is 16.9. The summed E-state index contributed by atoms with van der Waals surface area (Å²) in [6, 6.07) is 0.733. The van der Waals surface area contributed by atoms with Crippen molar-refractivity contribution in [2.75, 3.05) is 26.4 Å². The van der Waals surface area contributed by atoms with Crippen LogP contribution in [-0.4, -0.2) is 38.4 Å². The summed E-state index contributed by atoms with van der Waals surface area (Å²) in [6.07, 6.45) is 18.2. The van der Waals surface area contributed by atoms with Gasteiger partial charge in [0.1, 0.15) is 0 Å². The van der Waals surface area contributed by atoms with Crippen LogP contribution < -0.4 is 5.32 Å². The standard InChI is InChI=1S/C25H51NO3/c1-5-9-10-11-12-14-18-23(25(27-6-2,28-7-3)29-8-4)19-17-22-26-24-20-15-13-16-21-24/h23-24,26H,5-22H2,1-4H3. The zero-order valence-corrected chi connectivity index (χ0v) is 20.1. The average Bonchev–Trinajstić information content (AvgIpc) is 2.73. The minimum absolute atomic E-state index is 0.293. The molecule has 4 heteroatoms. The van der Waals surface area contributed by atoms with Crippen molar-refractivity contribution in [1.29, 1.82) is 0 Å². The summed E-state index contributed by atoms with van der Waals surface area (Å²) in [7, 11) is 0. The van der Waals surface area contributed by atoms with E-state index in [9.17, 15) is 0 Å². The first-order valence-corrected chi connectivity index (χ1v) is 12.9. The second kappa shape index (κ2) is 17.5. The number of unbranched alkanes of at least 4 members (excludes halogenated alkanes) is 5. The van der Waals surface area contributed by atoms with Crippen LogP contribution in [0.15, 0.2) is 0 Å². The molecule has 0 spiro atoms. The first-order valence-electron chi connectivity index (χ1n) is 12.9. The molecule has 1 aliphatic rings. The molecule has 0 amide bonds. The minimum Gasteiger partial charge on any atom is -0.328 e. The van der Waals surface area contributed by atoms with Crippen molar-refractivity contribution < 1.29 is 14.2 Å². The molecular weight excluding hydrogens is 362 g/mol. The van der Waals surface area contributed by atoms with E-state index in [1.165, 1.54) is 70.6 Å². The Balaban J connectivity index is 2.58. The van der Waals surface area contributed by atoms with E-state index in [0.717, 1.165) is 31.8 Å². The van der Waals surface area contributed by atoms with Gasteiger partial charge in [-0.3, -0.25) is 0 Å². The Morgan fingerprint density at radius 3 is 1.86 bits per heavy atom. The van der Waals surface area contributed by atoms with Crippen molar-refractivity contribution in [3.05, 3.63) is 0 Å². The molecule has 1 atom stereocenters. The smallest absolute Gasteiger partial charge is 0.285 e. The lowest BCUT2D eigenvalue weighted by atomic mass is 9.92. The molecule has 1 rings (SSSR count). The molecule has 29 heavy (non-hydrogen) atoms. The Kier molecular flexibility index (Phi) is 16.2. The normalized spacial score (nSPS) is 17.0. The summed E-state index contributed by atoms with van der Waals surface area (Å²) in [4.78, 5) is 0. The SMILES string of the molecule is CCCCCCCCC(CCCNC1CCCCC1)C(OCC)(OCC)OCC. The fraction of sp³-hybridized carbons (Fsp3) is 1.00. The van der Waals surface area contributed by atoms with E-state index in [-0.39, 0.29) is 0 Å². The van der Waals surface area contributed by atoms with Crippen LogP contribution in [-0.2, 0) is 14.2 Å². The third-order valence-electron chi connectivity index (χ3n) is 6.21. The minimum atomic E-state index is -0.869. The van der Waals surface area contributed by atoms with Gasteiger partial charge in [0.2, 0.25) is 0 Å². The molecule has 0 heterocycles. The molecule has 0 aromatic rings. The largest absolute Gasteiger partial charge is 0.328 e. The van der Waals surface area contributed by atoms with Crippen LogP contribution in [0.4, 0.5) is 0 Å². The van der Waals surface area contributed by atoms with Gasteiger partial charge in [0.15, 0.2) is 0 Å². The highest BCUT2D eigenvalue weighted by Crippen LogP contribution is 2.34. The molecule has 4 nitrogen and oxygen atoms in total. The summed E-state index contributed by atoms with van der Waals surface area (Å²) in [5.41, 5.74) is 0. The molecule has 1 aliphatic carbocycles. The van der Waals surface area contributed by atoms with Gasteiger partial charge in [0.25, 0.3) is 5.97 Å². The first-order chi connectivity index (χ1) is 14.2. The van der Waals surface area contributed by atoms with Crippen molar-refractivity contribution in [2.24, 2.45) is 5.92 Å². The summed E-state index contributed by atoms with van der Waals surface area (Å²) in [5, 5.41) is 3.79. The van der Waals surface area contributed by atoms with Crippen LogP contribution in [0.1, 0.15) is 118 Å². The van der Waals surface area contributed by atoms with Crippen molar-refractivity contribution in [1.82, 2.24) is 5.32 Å². The van der Waals surface area contributed by atoms with Crippen molar-refractivity contribution in [3.8, 4) is 0 Å². The third kappa shape index (κ3) is 11.1. The number of ether oxygens (including phenoxy) is 3. The van der Waals surface area contributed by atoms with E-state index in [0.29, 0.717) is 25.7 Å². The number of hydrogen-bond acceptors (Lipinski definition) is 4. The predicted octanol–water partition coefficient (Wildman–Crippen LogP) is 6.82. The van der Waals surface area contributed by atoms with Gasteiger partial charge in [-0.1, -0.05) is 64.7 Å². The quantitative estimate of drug-likeness (QED) is 0.186. The molecular formula is C25H51NO3. The molecule has 174 valence electrons. The topological polar surface area (TPSA) is 39.7 Å².